The zero-order valence-corrected chi connectivity index (χ0v) is 5.60. The molecule has 0 aliphatic carbocycles. The lowest BCUT2D eigenvalue weighted by atomic mass is 10.5. The van der Waals surface area contributed by atoms with E-state index in [1.54, 1.807) is 29.2 Å². The third-order valence-electron chi connectivity index (χ3n) is 1.38. The van der Waals surface area contributed by atoms with Gasteiger partial charge in [-0.2, -0.15) is 5.26 Å². The van der Waals surface area contributed by atoms with Crippen LogP contribution in [0.4, 0.5) is 0 Å². The highest BCUT2D eigenvalue weighted by molar-refractivity contribution is 5.39. The molecule has 0 saturated heterocycles. The molecule has 4 nitrogen and oxygen atoms in total. The van der Waals surface area contributed by atoms with Gasteiger partial charge in [-0.1, -0.05) is 0 Å². The van der Waals surface area contributed by atoms with E-state index in [0.29, 0.717) is 11.3 Å². The van der Waals surface area contributed by atoms with Gasteiger partial charge >= 0.3 is 0 Å². The van der Waals surface area contributed by atoms with Crippen LogP contribution in [0.15, 0.2) is 24.8 Å². The van der Waals surface area contributed by atoms with E-state index >= 15 is 0 Å². The number of hydrogen-bond acceptors (Lipinski definition) is 3. The number of hydrogen-bond donors (Lipinski definition) is 0. The predicted octanol–water partition coefficient (Wildman–Crippen LogP) is 0.601. The van der Waals surface area contributed by atoms with Crippen molar-refractivity contribution in [3.05, 3.63) is 30.5 Å². The average molecular weight is 144 g/mol. The van der Waals surface area contributed by atoms with Gasteiger partial charge in [0.2, 0.25) is 0 Å². The molecule has 0 aliphatic rings. The Morgan fingerprint density at radius 2 is 2.45 bits per heavy atom. The zero-order valence-electron chi connectivity index (χ0n) is 5.60. The van der Waals surface area contributed by atoms with E-state index in [1.807, 2.05) is 6.07 Å². The first-order chi connectivity index (χ1) is 5.40. The highest BCUT2D eigenvalue weighted by Gasteiger charge is 1.97. The van der Waals surface area contributed by atoms with Crippen LogP contribution in [0.5, 0.6) is 0 Å². The molecule has 4 heteroatoms. The van der Waals surface area contributed by atoms with Crippen LogP contribution in [0, 0.1) is 11.3 Å². The maximum Gasteiger partial charge on any atom is 0.159 e. The van der Waals surface area contributed by atoms with Gasteiger partial charge in [-0.25, -0.2) is 4.98 Å². The number of imidazole rings is 1. The van der Waals surface area contributed by atoms with Crippen LogP contribution in [0.3, 0.4) is 0 Å². The summed E-state index contributed by atoms with van der Waals surface area (Å²) in [5, 5.41) is 8.49. The van der Waals surface area contributed by atoms with E-state index in [0.717, 1.165) is 0 Å². The Balaban J connectivity index is 2.81. The Bertz CT molecular complexity index is 390. The number of aromatic nitrogens is 3. The molecular formula is C7H4N4. The summed E-state index contributed by atoms with van der Waals surface area (Å²) < 4.78 is 1.76. The Labute approximate surface area is 62.7 Å². The second kappa shape index (κ2) is 2.06. The molecule has 0 bridgehead atoms. The quantitative estimate of drug-likeness (QED) is 0.544. The van der Waals surface area contributed by atoms with Crippen LogP contribution < -0.4 is 0 Å². The first-order valence-electron chi connectivity index (χ1n) is 3.09. The number of fused-ring (bicyclic) bond motifs is 1. The summed E-state index contributed by atoms with van der Waals surface area (Å²) in [4.78, 5) is 7.84. The number of nitriles is 1. The molecule has 0 aromatic carbocycles. The summed E-state index contributed by atoms with van der Waals surface area (Å²) in [5.41, 5.74) is 1.11. The molecule has 52 valence electrons. The summed E-state index contributed by atoms with van der Waals surface area (Å²) in [6.45, 7) is 0. The Kier molecular flexibility index (Phi) is 1.10. The minimum Gasteiger partial charge on any atom is -0.303 e. The largest absolute Gasteiger partial charge is 0.303 e. The van der Waals surface area contributed by atoms with Gasteiger partial charge in [-0.05, 0) is 0 Å². The van der Waals surface area contributed by atoms with Gasteiger partial charge in [0.15, 0.2) is 11.3 Å². The normalized spacial score (nSPS) is 9.73. The molecule has 0 fully saturated rings. The van der Waals surface area contributed by atoms with Crippen molar-refractivity contribution in [2.75, 3.05) is 0 Å². The van der Waals surface area contributed by atoms with Crippen molar-refractivity contribution < 1.29 is 0 Å². The van der Waals surface area contributed by atoms with Gasteiger partial charge < -0.3 is 4.40 Å². The minimum atomic E-state index is 0.415. The molecule has 0 spiro atoms. The predicted molar refractivity (Wildman–Crippen MR) is 37.7 cm³/mol. The molecule has 0 radical (unpaired) electrons. The fraction of sp³-hybridized carbons (Fsp3) is 0. The maximum atomic E-state index is 8.49. The summed E-state index contributed by atoms with van der Waals surface area (Å²) in [7, 11) is 0. The van der Waals surface area contributed by atoms with Gasteiger partial charge in [0.1, 0.15) is 6.07 Å². The second-order valence-corrected chi connectivity index (χ2v) is 2.08. The fourth-order valence-corrected chi connectivity index (χ4v) is 0.897. The summed E-state index contributed by atoms with van der Waals surface area (Å²) in [6, 6.07) is 1.96. The van der Waals surface area contributed by atoms with Crippen molar-refractivity contribution in [2.24, 2.45) is 0 Å². The molecule has 0 aliphatic heterocycles. The van der Waals surface area contributed by atoms with Crippen molar-refractivity contribution in [3.8, 4) is 6.07 Å². The molecule has 0 amide bonds. The van der Waals surface area contributed by atoms with E-state index in [1.165, 1.54) is 0 Å². The van der Waals surface area contributed by atoms with E-state index in [9.17, 15) is 0 Å². The average Bonchev–Trinajstić information content (AvgIpc) is 2.46. The molecule has 11 heavy (non-hydrogen) atoms. The standard InChI is InChI=1S/C7H4N4/c8-3-6-5-11-2-1-9-4-7(11)10-6/h1-2,4-5H. The highest BCUT2D eigenvalue weighted by atomic mass is 15.0. The molecule has 0 saturated carbocycles. The lowest BCUT2D eigenvalue weighted by Crippen LogP contribution is -1.81. The van der Waals surface area contributed by atoms with Crippen LogP contribution in [-0.2, 0) is 0 Å². The van der Waals surface area contributed by atoms with E-state index in [2.05, 4.69) is 9.97 Å². The van der Waals surface area contributed by atoms with Crippen LogP contribution in [0.25, 0.3) is 5.65 Å². The van der Waals surface area contributed by atoms with Crippen LogP contribution in [0.2, 0.25) is 0 Å². The summed E-state index contributed by atoms with van der Waals surface area (Å²) >= 11 is 0. The first kappa shape index (κ1) is 5.86. The first-order valence-corrected chi connectivity index (χ1v) is 3.09. The molecule has 0 atom stereocenters. The number of nitrogens with zero attached hydrogens (tertiary/aromatic N) is 4. The lowest BCUT2D eigenvalue weighted by molar-refractivity contribution is 1.13. The van der Waals surface area contributed by atoms with Gasteiger partial charge in [0.05, 0.1) is 6.20 Å². The third-order valence-corrected chi connectivity index (χ3v) is 1.38. The molecule has 2 heterocycles. The lowest BCUT2D eigenvalue weighted by Gasteiger charge is -1.85. The van der Waals surface area contributed by atoms with Gasteiger partial charge in [-0.15, -0.1) is 0 Å². The second-order valence-electron chi connectivity index (χ2n) is 2.08. The highest BCUT2D eigenvalue weighted by Crippen LogP contribution is 2.00. The van der Waals surface area contributed by atoms with Crippen molar-refractivity contribution in [1.29, 1.82) is 5.26 Å². The van der Waals surface area contributed by atoms with Gasteiger partial charge in [0.25, 0.3) is 0 Å². The Morgan fingerprint density at radius 3 is 3.18 bits per heavy atom. The Morgan fingerprint density at radius 1 is 1.55 bits per heavy atom. The van der Waals surface area contributed by atoms with E-state index < -0.39 is 0 Å². The summed E-state index contributed by atoms with van der Waals surface area (Å²) in [5.74, 6) is 0. The molecule has 0 unspecified atom stereocenters. The van der Waals surface area contributed by atoms with Crippen LogP contribution in [-0.4, -0.2) is 14.4 Å². The Hall–Kier alpha value is -1.89. The number of rotatable bonds is 0. The van der Waals surface area contributed by atoms with Gasteiger partial charge in [0, 0.05) is 18.6 Å². The van der Waals surface area contributed by atoms with Crippen molar-refractivity contribution in [1.82, 2.24) is 14.4 Å². The smallest absolute Gasteiger partial charge is 0.159 e. The topological polar surface area (TPSA) is 54.0 Å². The monoisotopic (exact) mass is 144 g/mol. The molecular weight excluding hydrogens is 140 g/mol. The van der Waals surface area contributed by atoms with E-state index in [4.69, 9.17) is 5.26 Å². The molecule has 2 rings (SSSR count). The molecule has 0 N–H and O–H groups in total. The summed E-state index contributed by atoms with van der Waals surface area (Å²) in [6.07, 6.45) is 6.68. The van der Waals surface area contributed by atoms with Crippen molar-refractivity contribution >= 4 is 5.65 Å². The van der Waals surface area contributed by atoms with E-state index in [-0.39, 0.29) is 0 Å². The van der Waals surface area contributed by atoms with Crippen LogP contribution >= 0.6 is 0 Å². The van der Waals surface area contributed by atoms with Crippen molar-refractivity contribution in [3.63, 3.8) is 0 Å². The van der Waals surface area contributed by atoms with Gasteiger partial charge in [-0.3, -0.25) is 4.98 Å². The zero-order chi connectivity index (χ0) is 7.68. The maximum absolute atomic E-state index is 8.49. The SMILES string of the molecule is N#Cc1cn2ccncc2n1. The minimum absolute atomic E-state index is 0.415. The molecule has 2 aromatic rings. The fourth-order valence-electron chi connectivity index (χ4n) is 0.897. The van der Waals surface area contributed by atoms with Crippen LogP contribution in [0.1, 0.15) is 5.69 Å². The third kappa shape index (κ3) is 0.829. The molecule has 2 aromatic heterocycles. The van der Waals surface area contributed by atoms with Crippen molar-refractivity contribution in [2.45, 2.75) is 0 Å².